The highest BCUT2D eigenvalue weighted by Gasteiger charge is 2.22. The van der Waals surface area contributed by atoms with Gasteiger partial charge in [-0.2, -0.15) is 5.26 Å². The molecule has 1 aliphatic heterocycles. The lowest BCUT2D eigenvalue weighted by atomic mass is 10.1. The summed E-state index contributed by atoms with van der Waals surface area (Å²) in [5, 5.41) is 9.00. The van der Waals surface area contributed by atoms with Crippen LogP contribution in [0.2, 0.25) is 0 Å². The van der Waals surface area contributed by atoms with Gasteiger partial charge in [0.15, 0.2) is 0 Å². The van der Waals surface area contributed by atoms with E-state index in [0.717, 1.165) is 5.56 Å². The van der Waals surface area contributed by atoms with Crippen molar-refractivity contribution in [3.05, 3.63) is 46.7 Å². The number of hydrogen-bond donors (Lipinski definition) is 1. The molecule has 0 fully saturated rings. The van der Waals surface area contributed by atoms with Crippen molar-refractivity contribution >= 4 is 11.8 Å². The first-order valence-corrected chi connectivity index (χ1v) is 5.43. The van der Waals surface area contributed by atoms with Gasteiger partial charge in [-0.3, -0.25) is 0 Å². The van der Waals surface area contributed by atoms with Crippen LogP contribution < -0.4 is 5.73 Å². The van der Waals surface area contributed by atoms with Gasteiger partial charge in [-0.15, -0.1) is 0 Å². The van der Waals surface area contributed by atoms with Crippen LogP contribution in [0.15, 0.2) is 41.1 Å². The van der Waals surface area contributed by atoms with Gasteiger partial charge < -0.3 is 10.5 Å². The van der Waals surface area contributed by atoms with Crippen LogP contribution in [0, 0.1) is 11.3 Å². The van der Waals surface area contributed by atoms with E-state index in [1.165, 1.54) is 11.8 Å². The summed E-state index contributed by atoms with van der Waals surface area (Å²) in [4.78, 5) is 0.468. The topological polar surface area (TPSA) is 59.0 Å². The molecule has 1 heterocycles. The van der Waals surface area contributed by atoms with Crippen molar-refractivity contribution in [2.24, 2.45) is 5.73 Å². The molecule has 2 N–H and O–H groups in total. The number of nitrogens with two attached hydrogens (primary N) is 1. The van der Waals surface area contributed by atoms with Crippen molar-refractivity contribution < 1.29 is 4.74 Å². The number of benzene rings is 1. The Bertz CT molecular complexity index is 422. The molecule has 0 saturated carbocycles. The Morgan fingerprint density at radius 1 is 1.40 bits per heavy atom. The molecule has 4 heteroatoms. The second kappa shape index (κ2) is 4.28. The van der Waals surface area contributed by atoms with E-state index in [9.17, 15) is 0 Å². The molecule has 1 atom stereocenters. The molecule has 0 aliphatic carbocycles. The SMILES string of the molecule is N#CC1=C(N)OCC(c2ccccc2)S1. The summed E-state index contributed by atoms with van der Waals surface area (Å²) in [7, 11) is 0. The van der Waals surface area contributed by atoms with Crippen molar-refractivity contribution in [2.45, 2.75) is 5.25 Å². The van der Waals surface area contributed by atoms with E-state index in [1.807, 2.05) is 36.4 Å². The summed E-state index contributed by atoms with van der Waals surface area (Å²) < 4.78 is 5.26. The van der Waals surface area contributed by atoms with Crippen molar-refractivity contribution in [3.8, 4) is 6.07 Å². The number of nitrogens with zero attached hydrogens (tertiary/aromatic N) is 1. The van der Waals surface area contributed by atoms with Crippen LogP contribution in [0.4, 0.5) is 0 Å². The molecule has 0 radical (unpaired) electrons. The van der Waals surface area contributed by atoms with Crippen molar-refractivity contribution in [1.82, 2.24) is 0 Å². The minimum atomic E-state index is 0.160. The fourth-order valence-electron chi connectivity index (χ4n) is 1.38. The molecular formula is C11H10N2OS. The van der Waals surface area contributed by atoms with Crippen LogP contribution in [-0.4, -0.2) is 6.61 Å². The van der Waals surface area contributed by atoms with Gasteiger partial charge in [0.25, 0.3) is 0 Å². The number of ether oxygens (including phenoxy) is 1. The van der Waals surface area contributed by atoms with Crippen molar-refractivity contribution in [3.63, 3.8) is 0 Å². The molecule has 0 bridgehead atoms. The minimum absolute atomic E-state index is 0.160. The maximum Gasteiger partial charge on any atom is 0.209 e. The highest BCUT2D eigenvalue weighted by atomic mass is 32.2. The van der Waals surface area contributed by atoms with Crippen LogP contribution in [0.5, 0.6) is 0 Å². The predicted molar refractivity (Wildman–Crippen MR) is 59.6 cm³/mol. The summed E-state index contributed by atoms with van der Waals surface area (Å²) in [6, 6.07) is 12.0. The van der Waals surface area contributed by atoms with Crippen LogP contribution >= 0.6 is 11.8 Å². The number of allylic oxidation sites excluding steroid dienone is 1. The van der Waals surface area contributed by atoms with E-state index >= 15 is 0 Å². The molecular weight excluding hydrogens is 208 g/mol. The zero-order valence-electron chi connectivity index (χ0n) is 8.01. The zero-order valence-corrected chi connectivity index (χ0v) is 8.83. The minimum Gasteiger partial charge on any atom is -0.476 e. The second-order valence-corrected chi connectivity index (χ2v) is 4.35. The van der Waals surface area contributed by atoms with Crippen LogP contribution in [-0.2, 0) is 4.74 Å². The normalized spacial score (nSPS) is 20.6. The van der Waals surface area contributed by atoms with E-state index < -0.39 is 0 Å². The van der Waals surface area contributed by atoms with Crippen LogP contribution in [0.25, 0.3) is 0 Å². The van der Waals surface area contributed by atoms with Crippen molar-refractivity contribution in [1.29, 1.82) is 5.26 Å². The quantitative estimate of drug-likeness (QED) is 0.784. The van der Waals surface area contributed by atoms with Gasteiger partial charge in [-0.05, 0) is 5.56 Å². The molecule has 0 aromatic heterocycles. The first-order chi connectivity index (χ1) is 7.31. The maximum atomic E-state index is 8.84. The molecule has 1 unspecified atom stereocenters. The van der Waals surface area contributed by atoms with Gasteiger partial charge in [-0.25, -0.2) is 0 Å². The largest absolute Gasteiger partial charge is 0.476 e. The standard InChI is InChI=1S/C11H10N2OS/c12-6-9-11(13)14-7-10(15-9)8-4-2-1-3-5-8/h1-5,10H,7,13H2. The average Bonchev–Trinajstić information content (AvgIpc) is 2.31. The highest BCUT2D eigenvalue weighted by Crippen LogP contribution is 2.38. The number of thioether (sulfide) groups is 1. The van der Waals surface area contributed by atoms with E-state index in [0.29, 0.717) is 11.5 Å². The Morgan fingerprint density at radius 2 is 2.13 bits per heavy atom. The van der Waals surface area contributed by atoms with Gasteiger partial charge >= 0.3 is 0 Å². The smallest absolute Gasteiger partial charge is 0.209 e. The zero-order chi connectivity index (χ0) is 10.7. The molecule has 0 saturated heterocycles. The van der Waals surface area contributed by atoms with Crippen LogP contribution in [0.1, 0.15) is 10.8 Å². The predicted octanol–water partition coefficient (Wildman–Crippen LogP) is 2.14. The third-order valence-corrected chi connectivity index (χ3v) is 3.37. The van der Waals surface area contributed by atoms with Crippen LogP contribution in [0.3, 0.4) is 0 Å². The molecule has 1 aromatic carbocycles. The molecule has 1 aromatic rings. The molecule has 3 nitrogen and oxygen atoms in total. The van der Waals surface area contributed by atoms with E-state index in [4.69, 9.17) is 15.7 Å². The molecule has 1 aliphatic rings. The van der Waals surface area contributed by atoms with Gasteiger partial charge in [0.2, 0.25) is 5.88 Å². The Morgan fingerprint density at radius 3 is 2.80 bits per heavy atom. The first kappa shape index (κ1) is 9.94. The van der Waals surface area contributed by atoms with E-state index in [1.54, 1.807) is 0 Å². The maximum absolute atomic E-state index is 8.84. The summed E-state index contributed by atoms with van der Waals surface area (Å²) in [6.45, 7) is 0.520. The Labute approximate surface area is 92.5 Å². The fraction of sp³-hybridized carbons (Fsp3) is 0.182. The third-order valence-electron chi connectivity index (χ3n) is 2.15. The summed E-state index contributed by atoms with van der Waals surface area (Å²) in [5.74, 6) is 0.245. The van der Waals surface area contributed by atoms with Gasteiger partial charge in [0.1, 0.15) is 17.6 Å². The van der Waals surface area contributed by atoms with Gasteiger partial charge in [0, 0.05) is 0 Å². The molecule has 0 spiro atoms. The third kappa shape index (κ3) is 2.08. The second-order valence-electron chi connectivity index (χ2n) is 3.13. The fourth-order valence-corrected chi connectivity index (χ4v) is 2.32. The summed E-state index contributed by atoms with van der Waals surface area (Å²) in [5.41, 5.74) is 6.70. The summed E-state index contributed by atoms with van der Waals surface area (Å²) in [6.07, 6.45) is 0. The average molecular weight is 218 g/mol. The van der Waals surface area contributed by atoms with Gasteiger partial charge in [-0.1, -0.05) is 42.1 Å². The molecule has 0 amide bonds. The van der Waals surface area contributed by atoms with Crippen molar-refractivity contribution in [2.75, 3.05) is 6.61 Å². The molecule has 15 heavy (non-hydrogen) atoms. The monoisotopic (exact) mass is 218 g/mol. The number of hydrogen-bond acceptors (Lipinski definition) is 4. The molecule has 76 valence electrons. The lowest BCUT2D eigenvalue weighted by molar-refractivity contribution is 0.206. The Balaban J connectivity index is 2.20. The Kier molecular flexibility index (Phi) is 2.84. The van der Waals surface area contributed by atoms with E-state index in [2.05, 4.69) is 0 Å². The first-order valence-electron chi connectivity index (χ1n) is 4.55. The number of rotatable bonds is 1. The summed E-state index contributed by atoms with van der Waals surface area (Å²) >= 11 is 1.46. The Hall–Kier alpha value is -1.60. The lowest BCUT2D eigenvalue weighted by Gasteiger charge is -2.22. The van der Waals surface area contributed by atoms with E-state index in [-0.39, 0.29) is 11.1 Å². The number of nitriles is 1. The lowest BCUT2D eigenvalue weighted by Crippen LogP contribution is -2.16. The van der Waals surface area contributed by atoms with Gasteiger partial charge in [0.05, 0.1) is 5.25 Å². The highest BCUT2D eigenvalue weighted by molar-refractivity contribution is 8.03. The molecule has 2 rings (SSSR count).